The van der Waals surface area contributed by atoms with Crippen molar-refractivity contribution in [1.82, 2.24) is 0 Å². The molecule has 0 saturated heterocycles. The van der Waals surface area contributed by atoms with Crippen LogP contribution in [0.1, 0.15) is 5.56 Å². The smallest absolute Gasteiger partial charge is 0.262 e. The largest absolute Gasteiger partial charge is 0.508 e. The minimum Gasteiger partial charge on any atom is -0.508 e. The van der Waals surface area contributed by atoms with Crippen LogP contribution in [0.2, 0.25) is 0 Å². The molecule has 0 fully saturated rings. The fourth-order valence-electron chi connectivity index (χ4n) is 1.66. The number of aryl methyl sites for hydroxylation is 1. The number of nitrogens with one attached hydrogen (secondary N) is 1. The summed E-state index contributed by atoms with van der Waals surface area (Å²) in [7, 11) is -3.85. The molecule has 2 aromatic carbocycles. The Morgan fingerprint density at radius 3 is 2.53 bits per heavy atom. The Kier molecular flexibility index (Phi) is 3.44. The zero-order chi connectivity index (χ0) is 14.0. The van der Waals surface area contributed by atoms with Crippen LogP contribution in [0.5, 0.6) is 5.75 Å². The van der Waals surface area contributed by atoms with Crippen LogP contribution in [0, 0.1) is 12.7 Å². The van der Waals surface area contributed by atoms with Gasteiger partial charge in [-0.1, -0.05) is 6.07 Å². The molecular weight excluding hydrogens is 269 g/mol. The van der Waals surface area contributed by atoms with Crippen LogP contribution in [0.15, 0.2) is 47.4 Å². The molecule has 6 heteroatoms. The number of hydrogen-bond acceptors (Lipinski definition) is 3. The number of anilines is 1. The lowest BCUT2D eigenvalue weighted by atomic mass is 10.2. The van der Waals surface area contributed by atoms with E-state index < -0.39 is 15.8 Å². The van der Waals surface area contributed by atoms with E-state index in [1.165, 1.54) is 30.3 Å². The summed E-state index contributed by atoms with van der Waals surface area (Å²) in [5, 5.41) is 9.28. The van der Waals surface area contributed by atoms with Crippen LogP contribution in [0.3, 0.4) is 0 Å². The molecule has 0 amide bonds. The lowest BCUT2D eigenvalue weighted by Gasteiger charge is -2.09. The third kappa shape index (κ3) is 3.23. The van der Waals surface area contributed by atoms with E-state index in [1.54, 1.807) is 6.92 Å². The topological polar surface area (TPSA) is 66.4 Å². The van der Waals surface area contributed by atoms with Crippen LogP contribution >= 0.6 is 0 Å². The van der Waals surface area contributed by atoms with Crippen molar-refractivity contribution in [3.05, 3.63) is 53.8 Å². The summed E-state index contributed by atoms with van der Waals surface area (Å²) < 4.78 is 39.5. The number of benzene rings is 2. The lowest BCUT2D eigenvalue weighted by Crippen LogP contribution is -2.13. The summed E-state index contributed by atoms with van der Waals surface area (Å²) in [5.41, 5.74) is 0.745. The van der Waals surface area contributed by atoms with Gasteiger partial charge >= 0.3 is 0 Å². The normalized spacial score (nSPS) is 11.3. The predicted octanol–water partition coefficient (Wildman–Crippen LogP) is 2.64. The van der Waals surface area contributed by atoms with Crippen LogP contribution in [-0.2, 0) is 10.0 Å². The van der Waals surface area contributed by atoms with Gasteiger partial charge in [-0.05, 0) is 42.8 Å². The number of phenolic OH excluding ortho intramolecular Hbond substituents is 1. The summed E-state index contributed by atoms with van der Waals surface area (Å²) >= 11 is 0. The van der Waals surface area contributed by atoms with E-state index in [4.69, 9.17) is 0 Å². The molecule has 0 aromatic heterocycles. The van der Waals surface area contributed by atoms with E-state index in [0.717, 1.165) is 12.1 Å². The molecule has 0 atom stereocenters. The van der Waals surface area contributed by atoms with Crippen LogP contribution in [-0.4, -0.2) is 13.5 Å². The van der Waals surface area contributed by atoms with Gasteiger partial charge in [0.1, 0.15) is 11.6 Å². The van der Waals surface area contributed by atoms with Crippen molar-refractivity contribution >= 4 is 15.7 Å². The van der Waals surface area contributed by atoms with Gasteiger partial charge in [-0.2, -0.15) is 0 Å². The van der Waals surface area contributed by atoms with E-state index in [1.807, 2.05) is 0 Å². The van der Waals surface area contributed by atoms with E-state index >= 15 is 0 Å². The lowest BCUT2D eigenvalue weighted by molar-refractivity contribution is 0.473. The van der Waals surface area contributed by atoms with E-state index in [9.17, 15) is 17.9 Å². The molecule has 0 bridgehead atoms. The maximum atomic E-state index is 13.2. The summed E-state index contributed by atoms with van der Waals surface area (Å²) in [5.74, 6) is -0.674. The average Bonchev–Trinajstić information content (AvgIpc) is 2.26. The first-order valence-electron chi connectivity index (χ1n) is 5.46. The van der Waals surface area contributed by atoms with Gasteiger partial charge in [-0.25, -0.2) is 12.8 Å². The van der Waals surface area contributed by atoms with Crippen molar-refractivity contribution in [2.24, 2.45) is 0 Å². The summed E-state index contributed by atoms with van der Waals surface area (Å²) in [4.78, 5) is -0.0885. The second-order valence-corrected chi connectivity index (χ2v) is 5.80. The van der Waals surface area contributed by atoms with Gasteiger partial charge in [0.25, 0.3) is 10.0 Å². The van der Waals surface area contributed by atoms with Gasteiger partial charge in [0.15, 0.2) is 0 Å². The molecule has 2 rings (SSSR count). The number of aromatic hydroxyl groups is 1. The molecule has 100 valence electrons. The van der Waals surface area contributed by atoms with E-state index in [2.05, 4.69) is 4.72 Å². The second kappa shape index (κ2) is 4.89. The summed E-state index contributed by atoms with van der Waals surface area (Å²) in [6, 6.07) is 9.15. The molecule has 0 heterocycles. The second-order valence-electron chi connectivity index (χ2n) is 4.12. The van der Waals surface area contributed by atoms with Crippen LogP contribution in [0.4, 0.5) is 10.1 Å². The summed E-state index contributed by atoms with van der Waals surface area (Å²) in [6.45, 7) is 1.66. The van der Waals surface area contributed by atoms with Crippen LogP contribution < -0.4 is 4.72 Å². The maximum Gasteiger partial charge on any atom is 0.262 e. The first-order valence-corrected chi connectivity index (χ1v) is 6.94. The molecular formula is C13H12FNO3S. The number of sulfonamides is 1. The standard InChI is InChI=1S/C13H12FNO3S/c1-9-5-10(14)7-11(6-9)15-19(17,18)13-4-2-3-12(16)8-13/h2-8,15-16H,1H3. The Morgan fingerprint density at radius 2 is 1.89 bits per heavy atom. The number of hydrogen-bond donors (Lipinski definition) is 2. The van der Waals surface area contributed by atoms with Crippen molar-refractivity contribution in [2.45, 2.75) is 11.8 Å². The molecule has 4 nitrogen and oxygen atoms in total. The molecule has 0 aliphatic rings. The average molecular weight is 281 g/mol. The van der Waals surface area contributed by atoms with Crippen molar-refractivity contribution in [3.8, 4) is 5.75 Å². The van der Waals surface area contributed by atoms with Gasteiger partial charge in [0.2, 0.25) is 0 Å². The Balaban J connectivity index is 2.36. The third-order valence-corrected chi connectivity index (χ3v) is 3.80. The molecule has 0 spiro atoms. The highest BCUT2D eigenvalue weighted by Gasteiger charge is 2.15. The zero-order valence-corrected chi connectivity index (χ0v) is 10.9. The molecule has 2 N–H and O–H groups in total. The Morgan fingerprint density at radius 1 is 1.16 bits per heavy atom. The van der Waals surface area contributed by atoms with E-state index in [-0.39, 0.29) is 16.3 Å². The monoisotopic (exact) mass is 281 g/mol. The van der Waals surface area contributed by atoms with Gasteiger partial charge in [0.05, 0.1) is 10.6 Å². The molecule has 0 saturated carbocycles. The number of phenols is 1. The van der Waals surface area contributed by atoms with E-state index in [0.29, 0.717) is 5.56 Å². The highest BCUT2D eigenvalue weighted by molar-refractivity contribution is 7.92. The third-order valence-electron chi connectivity index (χ3n) is 2.42. The first-order chi connectivity index (χ1) is 8.87. The van der Waals surface area contributed by atoms with Gasteiger partial charge < -0.3 is 5.11 Å². The SMILES string of the molecule is Cc1cc(F)cc(NS(=O)(=O)c2cccc(O)c2)c1. The molecule has 0 aliphatic carbocycles. The van der Waals surface area contributed by atoms with Crippen molar-refractivity contribution in [3.63, 3.8) is 0 Å². The summed E-state index contributed by atoms with van der Waals surface area (Å²) in [6.07, 6.45) is 0. The van der Waals surface area contributed by atoms with Gasteiger partial charge in [0, 0.05) is 6.07 Å². The first kappa shape index (κ1) is 13.4. The number of halogens is 1. The fraction of sp³-hybridized carbons (Fsp3) is 0.0769. The Bertz CT molecular complexity index is 693. The quantitative estimate of drug-likeness (QED) is 0.909. The maximum absolute atomic E-state index is 13.2. The Labute approximate surface area is 110 Å². The highest BCUT2D eigenvalue weighted by atomic mass is 32.2. The minimum atomic E-state index is -3.85. The van der Waals surface area contributed by atoms with Gasteiger partial charge in [-0.15, -0.1) is 0 Å². The molecule has 2 aromatic rings. The molecule has 19 heavy (non-hydrogen) atoms. The molecule has 0 unspecified atom stereocenters. The van der Waals surface area contributed by atoms with Gasteiger partial charge in [-0.3, -0.25) is 4.72 Å². The zero-order valence-electron chi connectivity index (χ0n) is 10.1. The highest BCUT2D eigenvalue weighted by Crippen LogP contribution is 2.21. The van der Waals surface area contributed by atoms with Crippen LogP contribution in [0.25, 0.3) is 0 Å². The van der Waals surface area contributed by atoms with Crippen molar-refractivity contribution in [2.75, 3.05) is 4.72 Å². The Hall–Kier alpha value is -2.08. The molecule has 0 aliphatic heterocycles. The predicted molar refractivity (Wildman–Crippen MR) is 70.1 cm³/mol. The van der Waals surface area contributed by atoms with Crippen molar-refractivity contribution in [1.29, 1.82) is 0 Å². The molecule has 0 radical (unpaired) electrons. The fourth-order valence-corrected chi connectivity index (χ4v) is 2.74. The number of rotatable bonds is 3. The minimum absolute atomic E-state index is 0.0885. The van der Waals surface area contributed by atoms with Crippen molar-refractivity contribution < 1.29 is 17.9 Å².